The first kappa shape index (κ1) is 6.39. The zero-order chi connectivity index (χ0) is 4.99. The summed E-state index contributed by atoms with van der Waals surface area (Å²) in [4.78, 5) is 0. The van der Waals surface area contributed by atoms with Crippen molar-refractivity contribution < 1.29 is 0 Å². The number of nitrogens with one attached hydrogen (secondary N) is 2. The summed E-state index contributed by atoms with van der Waals surface area (Å²) in [5.74, 6) is 0. The van der Waals surface area contributed by atoms with Gasteiger partial charge >= 0.3 is 0 Å². The van der Waals surface area contributed by atoms with Crippen LogP contribution in [0.3, 0.4) is 0 Å². The predicted molar refractivity (Wildman–Crippen MR) is 35.2 cm³/mol. The largest absolute Gasteiger partial charge is 0.668 e. The van der Waals surface area contributed by atoms with Gasteiger partial charge in [-0.15, -0.1) is 0 Å². The molecule has 0 fully saturated rings. The summed E-state index contributed by atoms with van der Waals surface area (Å²) < 4.78 is 4.57. The molecule has 0 saturated carbocycles. The van der Waals surface area contributed by atoms with Crippen molar-refractivity contribution >= 4 is 43.0 Å². The molecule has 0 spiro atoms. The quantitative estimate of drug-likeness (QED) is 0.245. The molecule has 0 bridgehead atoms. The van der Waals surface area contributed by atoms with Crippen LogP contribution in [0.5, 0.6) is 0 Å². The Kier molecular flexibility index (Phi) is 3.81. The van der Waals surface area contributed by atoms with Crippen LogP contribution in [0.25, 0.3) is 0 Å². The van der Waals surface area contributed by atoms with E-state index in [1.54, 1.807) is 0 Å². The van der Waals surface area contributed by atoms with Crippen LogP contribution in [0.1, 0.15) is 0 Å². The lowest BCUT2D eigenvalue weighted by molar-refractivity contribution is 1.44. The molecule has 0 aromatic carbocycles. The minimum absolute atomic E-state index is 0.355. The number of hydrogen-bond acceptors (Lipinski definition) is 3. The topological polar surface area (TPSA) is 24.1 Å². The Morgan fingerprint density at radius 1 is 1.83 bits per heavy atom. The maximum Gasteiger partial charge on any atom is 0.153 e. The van der Waals surface area contributed by atoms with E-state index in [0.717, 1.165) is 0 Å². The summed E-state index contributed by atoms with van der Waals surface area (Å²) in [6.07, 6.45) is 0. The molecule has 0 aliphatic carbocycles. The molecule has 0 aliphatic heterocycles. The Hall–Kier alpha value is 0.390. The highest BCUT2D eigenvalue weighted by Crippen LogP contribution is 1.61. The summed E-state index contributed by atoms with van der Waals surface area (Å²) in [7, 11) is 0. The second-order valence-corrected chi connectivity index (χ2v) is 1.38. The molecule has 6 heavy (non-hydrogen) atoms. The van der Waals surface area contributed by atoms with Crippen LogP contribution in [0, 0.1) is 0 Å². The van der Waals surface area contributed by atoms with Crippen LogP contribution in [0.15, 0.2) is 0 Å². The van der Waals surface area contributed by atoms with Gasteiger partial charge < -0.3 is 22.3 Å². The highest BCUT2D eigenvalue weighted by Gasteiger charge is 1.70. The Labute approximate surface area is 52.8 Å². The van der Waals surface area contributed by atoms with E-state index < -0.39 is 0 Å². The van der Waals surface area contributed by atoms with Crippen molar-refractivity contribution in [1.29, 1.82) is 0 Å². The highest BCUT2D eigenvalue weighted by atomic mass is 32.1. The third-order valence-electron chi connectivity index (χ3n) is 0.194. The van der Waals surface area contributed by atoms with Crippen LogP contribution < -0.4 is 9.44 Å². The Morgan fingerprint density at radius 2 is 2.33 bits per heavy atom. The Bertz CT molecular complexity index is 46.8. The number of thiocarbonyl (C=S) groups is 1. The zero-order valence-corrected chi connectivity index (χ0v) is 5.29. The smallest absolute Gasteiger partial charge is 0.153 e. The van der Waals surface area contributed by atoms with E-state index in [4.69, 9.17) is 0 Å². The average molecular weight is 139 g/mol. The molecule has 0 saturated heterocycles. The van der Waals surface area contributed by atoms with Gasteiger partial charge in [-0.25, -0.2) is 0 Å². The molecule has 0 amide bonds. The molecule has 0 rings (SSSR count). The summed E-state index contributed by atoms with van der Waals surface area (Å²) in [5, 5.41) is 0.355. The second kappa shape index (κ2) is 3.58. The van der Waals surface area contributed by atoms with Gasteiger partial charge in [-0.1, -0.05) is 12.8 Å². The number of thiol groups is 1. The summed E-state index contributed by atoms with van der Waals surface area (Å²) in [5.41, 5.74) is 0. The molecule has 0 radical (unpaired) electrons. The van der Waals surface area contributed by atoms with E-state index in [2.05, 4.69) is 47.3 Å². The van der Waals surface area contributed by atoms with E-state index in [1.165, 1.54) is 0 Å². The molecular weight excluding hydrogens is 136 g/mol. The first-order valence-corrected chi connectivity index (χ1v) is 2.40. The summed E-state index contributed by atoms with van der Waals surface area (Å²) >= 11 is 12.3. The highest BCUT2D eigenvalue weighted by molar-refractivity contribution is 7.85. The SMILES string of the molecule is S=C(N[S-])NS. The predicted octanol–water partition coefficient (Wildman–Crippen LogP) is -0.243. The van der Waals surface area contributed by atoms with E-state index in [1.807, 2.05) is 0 Å². The van der Waals surface area contributed by atoms with Gasteiger partial charge in [0.25, 0.3) is 0 Å². The standard InChI is InChI=1S/CH3N2S3/c4-1(2-5)3-6/h(H3-,2,3,4,5,6)/q-1. The molecule has 0 atom stereocenters. The van der Waals surface area contributed by atoms with Crippen molar-refractivity contribution in [1.82, 2.24) is 9.44 Å². The van der Waals surface area contributed by atoms with Crippen LogP contribution in [-0.4, -0.2) is 5.11 Å². The van der Waals surface area contributed by atoms with Gasteiger partial charge in [-0.05, 0) is 12.2 Å². The summed E-state index contributed by atoms with van der Waals surface area (Å²) in [6.45, 7) is 0. The Balaban J connectivity index is 2.99. The van der Waals surface area contributed by atoms with Crippen LogP contribution >= 0.6 is 25.0 Å². The fourth-order valence-electron chi connectivity index (χ4n) is 0.0228. The van der Waals surface area contributed by atoms with Gasteiger partial charge in [0.05, 0.1) is 0 Å². The molecule has 0 heterocycles. The number of rotatable bonds is 0. The van der Waals surface area contributed by atoms with Gasteiger partial charge in [0.2, 0.25) is 0 Å². The summed E-state index contributed by atoms with van der Waals surface area (Å²) in [6, 6.07) is 0. The average Bonchev–Trinajstić information content (AvgIpc) is 1.65. The lowest BCUT2D eigenvalue weighted by Gasteiger charge is -2.07. The van der Waals surface area contributed by atoms with Gasteiger partial charge in [0.15, 0.2) is 5.11 Å². The molecule has 0 aliphatic rings. The van der Waals surface area contributed by atoms with E-state index >= 15 is 0 Å². The van der Waals surface area contributed by atoms with Crippen molar-refractivity contribution in [3.05, 3.63) is 0 Å². The molecule has 5 heteroatoms. The van der Waals surface area contributed by atoms with Gasteiger partial charge in [0, 0.05) is 0 Å². The molecule has 2 nitrogen and oxygen atoms in total. The molecule has 36 valence electrons. The Morgan fingerprint density at radius 3 is 2.33 bits per heavy atom. The van der Waals surface area contributed by atoms with Crippen LogP contribution in [-0.2, 0) is 12.8 Å². The van der Waals surface area contributed by atoms with Gasteiger partial charge in [0.1, 0.15) is 0 Å². The van der Waals surface area contributed by atoms with Crippen LogP contribution in [0.2, 0.25) is 0 Å². The maximum atomic E-state index is 4.45. The van der Waals surface area contributed by atoms with Crippen molar-refractivity contribution in [2.75, 3.05) is 0 Å². The maximum absolute atomic E-state index is 4.45. The molecule has 2 N–H and O–H groups in total. The first-order valence-electron chi connectivity index (χ1n) is 1.13. The normalized spacial score (nSPS) is 7.00. The first-order chi connectivity index (χ1) is 2.81. The van der Waals surface area contributed by atoms with E-state index in [9.17, 15) is 0 Å². The van der Waals surface area contributed by atoms with E-state index in [0.29, 0.717) is 5.11 Å². The molecule has 0 aromatic rings. The van der Waals surface area contributed by atoms with Crippen LogP contribution in [0.4, 0.5) is 0 Å². The lowest BCUT2D eigenvalue weighted by Crippen LogP contribution is -2.23. The molecule has 0 unspecified atom stereocenters. The lowest BCUT2D eigenvalue weighted by atomic mass is 11.2. The second-order valence-electron chi connectivity index (χ2n) is 0.543. The van der Waals surface area contributed by atoms with Crippen molar-refractivity contribution in [2.24, 2.45) is 0 Å². The number of hydrogen-bond donors (Lipinski definition) is 3. The van der Waals surface area contributed by atoms with Crippen molar-refractivity contribution in [3.8, 4) is 0 Å². The van der Waals surface area contributed by atoms with Crippen molar-refractivity contribution in [3.63, 3.8) is 0 Å². The fourth-order valence-corrected chi connectivity index (χ4v) is 0.205. The third kappa shape index (κ3) is 2.62. The monoisotopic (exact) mass is 139 g/mol. The molecular formula is CH3N2S3-. The third-order valence-corrected chi connectivity index (χ3v) is 1.11. The zero-order valence-electron chi connectivity index (χ0n) is 2.76. The van der Waals surface area contributed by atoms with E-state index in [-0.39, 0.29) is 0 Å². The van der Waals surface area contributed by atoms with Gasteiger partial charge in [-0.3, -0.25) is 0 Å². The molecule has 0 aromatic heterocycles. The van der Waals surface area contributed by atoms with Crippen molar-refractivity contribution in [2.45, 2.75) is 0 Å². The minimum atomic E-state index is 0.355. The fraction of sp³-hybridized carbons (Fsp3) is 0. The minimum Gasteiger partial charge on any atom is -0.668 e. The van der Waals surface area contributed by atoms with Gasteiger partial charge in [-0.2, -0.15) is 0 Å².